The van der Waals surface area contributed by atoms with E-state index in [1.807, 2.05) is 48.0 Å². The maximum atomic E-state index is 12.4. The first-order chi connectivity index (χ1) is 23.3. The van der Waals surface area contributed by atoms with Crippen LogP contribution >= 0.6 is 11.8 Å². The first-order valence-electron chi connectivity index (χ1n) is 16.5. The number of aliphatic hydroxyl groups is 1. The molecule has 10 nitrogen and oxygen atoms in total. The number of aromatic nitrogens is 3. The highest BCUT2D eigenvalue weighted by atomic mass is 32.2. The van der Waals surface area contributed by atoms with Crippen molar-refractivity contribution in [3.8, 4) is 11.1 Å². The fraction of sp³-hybridized carbons (Fsp3) is 0.405. The summed E-state index contributed by atoms with van der Waals surface area (Å²) in [6.45, 7) is 4.77. The Kier molecular flexibility index (Phi) is 12.8. The molecule has 0 saturated carbocycles. The maximum Gasteiger partial charge on any atom is 0.220 e. The Balaban J connectivity index is 1.22. The van der Waals surface area contributed by atoms with Crippen LogP contribution in [0.3, 0.4) is 0 Å². The van der Waals surface area contributed by atoms with Crippen molar-refractivity contribution in [2.24, 2.45) is 13.0 Å². The standard InChI is InChI=1S/C37H45N5O5S/c1-25-33(23-48-37-41-40-24-42(37)3)46-36(47-35(25)30-13-11-27(22-43)12-14-30)31-17-15-29(16-18-31)32-9-7-8-28(20-32)21-39-34(45)10-5-4-6-19-38-26(2)44/h7-9,11-18,20,24-25,33,35-36,43H,4-6,10,19,21-23H2,1-3H3,(H,38,44)(H,39,45)/t25-,33+,35+,36+/m1/s1. The topological polar surface area (TPSA) is 128 Å². The minimum atomic E-state index is -0.560. The SMILES string of the molecule is CC(=O)NCCCCCC(=O)NCc1cccc(-c2ccc([C@H]3O[C@@H](CSc4nncn4C)[C@@H](C)[C@@H](c4ccc(CO)cc4)O3)cc2)c1. The molecule has 2 heterocycles. The van der Waals surface area contributed by atoms with Crippen LogP contribution in [0.4, 0.5) is 0 Å². The highest BCUT2D eigenvalue weighted by molar-refractivity contribution is 7.99. The Labute approximate surface area is 286 Å². The molecule has 254 valence electrons. The molecule has 0 spiro atoms. The van der Waals surface area contributed by atoms with Gasteiger partial charge in [0.2, 0.25) is 11.8 Å². The molecule has 4 aromatic rings. The second-order valence-corrected chi connectivity index (χ2v) is 13.2. The van der Waals surface area contributed by atoms with Gasteiger partial charge >= 0.3 is 0 Å². The van der Waals surface area contributed by atoms with Crippen LogP contribution in [-0.4, -0.2) is 50.1 Å². The number of carbonyl (C=O) groups is 2. The van der Waals surface area contributed by atoms with Gasteiger partial charge in [0, 0.05) is 50.7 Å². The smallest absolute Gasteiger partial charge is 0.220 e. The number of nitrogens with one attached hydrogen (secondary N) is 2. The molecule has 1 fully saturated rings. The van der Waals surface area contributed by atoms with Gasteiger partial charge in [0.15, 0.2) is 11.4 Å². The van der Waals surface area contributed by atoms with Crippen molar-refractivity contribution in [1.82, 2.24) is 25.4 Å². The van der Waals surface area contributed by atoms with Crippen molar-refractivity contribution in [1.29, 1.82) is 0 Å². The van der Waals surface area contributed by atoms with Crippen LogP contribution in [0.1, 0.15) is 74.2 Å². The molecule has 3 N–H and O–H groups in total. The molecule has 11 heteroatoms. The van der Waals surface area contributed by atoms with Gasteiger partial charge in [0.05, 0.1) is 18.8 Å². The van der Waals surface area contributed by atoms with E-state index in [0.717, 1.165) is 57.8 Å². The fourth-order valence-corrected chi connectivity index (χ4v) is 6.76. The van der Waals surface area contributed by atoms with Gasteiger partial charge in [-0.1, -0.05) is 91.8 Å². The van der Waals surface area contributed by atoms with Crippen molar-refractivity contribution < 1.29 is 24.2 Å². The third-order valence-electron chi connectivity index (χ3n) is 8.56. The summed E-state index contributed by atoms with van der Waals surface area (Å²) in [5, 5.41) is 24.4. The molecule has 1 aliphatic heterocycles. The van der Waals surface area contributed by atoms with E-state index in [2.05, 4.69) is 64.2 Å². The fourth-order valence-electron chi connectivity index (χ4n) is 5.70. The van der Waals surface area contributed by atoms with Crippen LogP contribution in [0.2, 0.25) is 0 Å². The number of hydrogen-bond donors (Lipinski definition) is 3. The summed E-state index contributed by atoms with van der Waals surface area (Å²) in [5.74, 6) is 0.767. The monoisotopic (exact) mass is 671 g/mol. The van der Waals surface area contributed by atoms with Gasteiger partial charge in [0.1, 0.15) is 6.33 Å². The minimum absolute atomic E-state index is 0.00299. The lowest BCUT2D eigenvalue weighted by molar-refractivity contribution is -0.268. The lowest BCUT2D eigenvalue weighted by Gasteiger charge is -2.41. The highest BCUT2D eigenvalue weighted by Gasteiger charge is 2.38. The number of rotatable bonds is 15. The van der Waals surface area contributed by atoms with Crippen molar-refractivity contribution in [2.45, 2.75) is 76.3 Å². The molecule has 1 aromatic heterocycles. The van der Waals surface area contributed by atoms with Gasteiger partial charge < -0.3 is 29.8 Å². The predicted molar refractivity (Wildman–Crippen MR) is 186 cm³/mol. The molecule has 0 unspecified atom stereocenters. The summed E-state index contributed by atoms with van der Waals surface area (Å²) in [6.07, 6.45) is 3.86. The molecule has 0 aliphatic carbocycles. The van der Waals surface area contributed by atoms with Crippen molar-refractivity contribution in [2.75, 3.05) is 12.3 Å². The van der Waals surface area contributed by atoms with Crippen LogP contribution < -0.4 is 10.6 Å². The second-order valence-electron chi connectivity index (χ2n) is 12.3. The lowest BCUT2D eigenvalue weighted by Crippen LogP contribution is -2.38. The molecular formula is C37H45N5O5S. The number of aliphatic hydroxyl groups excluding tert-OH is 1. The Morgan fingerprint density at radius 2 is 1.69 bits per heavy atom. The summed E-state index contributed by atoms with van der Waals surface area (Å²) in [5.41, 5.74) is 5.98. The number of thioether (sulfide) groups is 1. The number of amides is 2. The van der Waals surface area contributed by atoms with Crippen LogP contribution in [0, 0.1) is 5.92 Å². The number of nitrogens with zero attached hydrogens (tertiary/aromatic N) is 3. The number of unbranched alkanes of at least 4 members (excludes halogenated alkanes) is 2. The molecule has 0 bridgehead atoms. The first kappa shape index (κ1) is 35.3. The molecular weight excluding hydrogens is 627 g/mol. The normalized spacial score (nSPS) is 19.2. The average molecular weight is 672 g/mol. The van der Waals surface area contributed by atoms with E-state index in [1.54, 1.807) is 18.1 Å². The zero-order chi connectivity index (χ0) is 33.9. The van der Waals surface area contributed by atoms with Gasteiger partial charge in [-0.25, -0.2) is 0 Å². The van der Waals surface area contributed by atoms with E-state index >= 15 is 0 Å². The Morgan fingerprint density at radius 3 is 2.40 bits per heavy atom. The lowest BCUT2D eigenvalue weighted by atomic mass is 9.91. The quantitative estimate of drug-likeness (QED) is 0.106. The molecule has 3 aromatic carbocycles. The molecule has 1 saturated heterocycles. The third kappa shape index (κ3) is 9.76. The highest BCUT2D eigenvalue weighted by Crippen LogP contribution is 2.43. The summed E-state index contributed by atoms with van der Waals surface area (Å²) in [7, 11) is 1.93. The Morgan fingerprint density at radius 1 is 0.917 bits per heavy atom. The van der Waals surface area contributed by atoms with Gasteiger partial charge in [-0.15, -0.1) is 10.2 Å². The number of ether oxygens (including phenoxy) is 2. The molecule has 0 radical (unpaired) electrons. The Hall–Kier alpha value is -4.03. The average Bonchev–Trinajstić information content (AvgIpc) is 3.52. The minimum Gasteiger partial charge on any atom is -0.392 e. The van der Waals surface area contributed by atoms with Crippen molar-refractivity contribution >= 4 is 23.6 Å². The molecule has 1 aliphatic rings. The first-order valence-corrected chi connectivity index (χ1v) is 17.5. The number of benzene rings is 3. The zero-order valence-electron chi connectivity index (χ0n) is 27.8. The number of hydrogen-bond acceptors (Lipinski definition) is 8. The van der Waals surface area contributed by atoms with Crippen LogP contribution in [-0.2, 0) is 39.3 Å². The van der Waals surface area contributed by atoms with Gasteiger partial charge in [0.25, 0.3) is 0 Å². The zero-order valence-corrected chi connectivity index (χ0v) is 28.6. The summed E-state index contributed by atoms with van der Waals surface area (Å²) in [4.78, 5) is 23.3. The molecule has 2 amide bonds. The number of carbonyl (C=O) groups excluding carboxylic acids is 2. The van der Waals surface area contributed by atoms with Crippen LogP contribution in [0.15, 0.2) is 84.3 Å². The van der Waals surface area contributed by atoms with Crippen LogP contribution in [0.5, 0.6) is 0 Å². The van der Waals surface area contributed by atoms with E-state index in [9.17, 15) is 14.7 Å². The van der Waals surface area contributed by atoms with Gasteiger partial charge in [-0.05, 0) is 46.7 Å². The molecule has 48 heavy (non-hydrogen) atoms. The summed E-state index contributed by atoms with van der Waals surface area (Å²) in [6, 6.07) is 24.4. The predicted octanol–water partition coefficient (Wildman–Crippen LogP) is 5.87. The van der Waals surface area contributed by atoms with Gasteiger partial charge in [-0.2, -0.15) is 0 Å². The van der Waals surface area contributed by atoms with E-state index in [4.69, 9.17) is 9.47 Å². The molecule has 4 atom stereocenters. The number of aryl methyl sites for hydroxylation is 1. The van der Waals surface area contributed by atoms with Crippen molar-refractivity contribution in [3.63, 3.8) is 0 Å². The summed E-state index contributed by atoms with van der Waals surface area (Å²) >= 11 is 1.62. The maximum absolute atomic E-state index is 12.4. The van der Waals surface area contributed by atoms with E-state index in [0.29, 0.717) is 25.3 Å². The van der Waals surface area contributed by atoms with Crippen LogP contribution in [0.25, 0.3) is 11.1 Å². The van der Waals surface area contributed by atoms with E-state index < -0.39 is 6.29 Å². The molecule has 5 rings (SSSR count). The Bertz CT molecular complexity index is 1630. The summed E-state index contributed by atoms with van der Waals surface area (Å²) < 4.78 is 15.1. The largest absolute Gasteiger partial charge is 0.392 e. The van der Waals surface area contributed by atoms with Gasteiger partial charge in [-0.3, -0.25) is 9.59 Å². The van der Waals surface area contributed by atoms with Crippen molar-refractivity contribution in [3.05, 3.63) is 101 Å². The second kappa shape index (κ2) is 17.4. The van der Waals surface area contributed by atoms with E-state index in [1.165, 1.54) is 6.92 Å². The van der Waals surface area contributed by atoms with E-state index in [-0.39, 0.29) is 36.5 Å². The third-order valence-corrected chi connectivity index (χ3v) is 9.68.